The molecule has 0 fully saturated rings. The van der Waals surface area contributed by atoms with E-state index in [4.69, 9.17) is 14.7 Å². The van der Waals surface area contributed by atoms with Gasteiger partial charge in [-0.15, -0.1) is 0 Å². The molecule has 0 radical (unpaired) electrons. The number of anilines is 4. The fourth-order valence-corrected chi connectivity index (χ4v) is 4.58. The van der Waals surface area contributed by atoms with Crippen LogP contribution in [-0.2, 0) is 4.79 Å². The number of nitrogens with one attached hydrogen (secondary N) is 4. The minimum Gasteiger partial charge on any atom is -0.495 e. The molecule has 202 valence electrons. The van der Waals surface area contributed by atoms with Gasteiger partial charge in [0, 0.05) is 61.0 Å². The van der Waals surface area contributed by atoms with Crippen LogP contribution in [0.1, 0.15) is 13.3 Å². The Morgan fingerprint density at radius 2 is 1.87 bits per heavy atom. The third kappa shape index (κ3) is 5.37. The zero-order valence-corrected chi connectivity index (χ0v) is 22.9. The number of H-pyrrole nitrogens is 2. The zero-order valence-electron chi connectivity index (χ0n) is 22.9. The van der Waals surface area contributed by atoms with Crippen LogP contribution >= 0.6 is 0 Å². The first-order valence-corrected chi connectivity index (χ1v) is 12.9. The van der Waals surface area contributed by atoms with Crippen molar-refractivity contribution in [2.24, 2.45) is 0 Å². The molecule has 0 aliphatic rings. The Hall–Kier alpha value is -4.57. The van der Waals surface area contributed by atoms with E-state index in [1.165, 1.54) is 0 Å². The van der Waals surface area contributed by atoms with Gasteiger partial charge >= 0.3 is 0 Å². The second kappa shape index (κ2) is 11.0. The van der Waals surface area contributed by atoms with E-state index >= 15 is 0 Å². The van der Waals surface area contributed by atoms with Crippen molar-refractivity contribution in [2.75, 3.05) is 56.9 Å². The highest BCUT2D eigenvalue weighted by Crippen LogP contribution is 2.36. The Labute approximate surface area is 227 Å². The highest BCUT2D eigenvalue weighted by Gasteiger charge is 2.17. The Morgan fingerprint density at radius 1 is 1.03 bits per heavy atom. The number of rotatable bonds is 10. The van der Waals surface area contributed by atoms with E-state index in [1.54, 1.807) is 7.11 Å². The van der Waals surface area contributed by atoms with Crippen molar-refractivity contribution < 1.29 is 9.53 Å². The molecule has 3 aromatic heterocycles. The lowest BCUT2D eigenvalue weighted by molar-refractivity contribution is -0.115. The number of para-hydroxylation sites is 1. The molecule has 5 aromatic rings. The normalized spacial score (nSPS) is 11.3. The van der Waals surface area contributed by atoms with Gasteiger partial charge in [0.15, 0.2) is 0 Å². The first-order chi connectivity index (χ1) is 18.9. The van der Waals surface area contributed by atoms with Crippen molar-refractivity contribution in [3.05, 3.63) is 54.9 Å². The van der Waals surface area contributed by atoms with Crippen molar-refractivity contribution in [2.45, 2.75) is 13.3 Å². The summed E-state index contributed by atoms with van der Waals surface area (Å²) in [4.78, 5) is 32.8. The number of hydrogen-bond donors (Lipinski definition) is 4. The van der Waals surface area contributed by atoms with Crippen LogP contribution in [0, 0.1) is 0 Å². The van der Waals surface area contributed by atoms with Gasteiger partial charge in [-0.3, -0.25) is 4.79 Å². The topological polar surface area (TPSA) is 114 Å². The maximum absolute atomic E-state index is 12.3. The minimum absolute atomic E-state index is 0.0458. The molecule has 0 spiro atoms. The zero-order chi connectivity index (χ0) is 27.5. The molecule has 0 bridgehead atoms. The Morgan fingerprint density at radius 3 is 2.64 bits per heavy atom. The van der Waals surface area contributed by atoms with Crippen molar-refractivity contribution in [1.29, 1.82) is 0 Å². The fraction of sp³-hybridized carbons (Fsp3) is 0.276. The monoisotopic (exact) mass is 526 g/mol. The highest BCUT2D eigenvalue weighted by atomic mass is 16.5. The molecular weight excluding hydrogens is 492 g/mol. The lowest BCUT2D eigenvalue weighted by atomic mass is 10.1. The van der Waals surface area contributed by atoms with Crippen LogP contribution < -0.4 is 20.3 Å². The Bertz CT molecular complexity index is 1620. The average molecular weight is 527 g/mol. The van der Waals surface area contributed by atoms with Crippen molar-refractivity contribution in [3.8, 4) is 17.0 Å². The molecule has 1 amide bonds. The van der Waals surface area contributed by atoms with Crippen molar-refractivity contribution >= 4 is 50.9 Å². The molecule has 0 atom stereocenters. The van der Waals surface area contributed by atoms with Crippen LogP contribution in [-0.4, -0.2) is 72.1 Å². The Kier molecular flexibility index (Phi) is 7.38. The highest BCUT2D eigenvalue weighted by molar-refractivity contribution is 6.04. The summed E-state index contributed by atoms with van der Waals surface area (Å²) in [6.45, 7) is 3.55. The number of aromatic amines is 2. The van der Waals surface area contributed by atoms with E-state index in [9.17, 15) is 4.79 Å². The van der Waals surface area contributed by atoms with Gasteiger partial charge in [-0.2, -0.15) is 4.98 Å². The summed E-state index contributed by atoms with van der Waals surface area (Å²) in [5.41, 5.74) is 5.83. The van der Waals surface area contributed by atoms with Crippen LogP contribution in [0.25, 0.3) is 33.2 Å². The molecular formula is C29H34N8O2. The molecule has 4 N–H and O–H groups in total. The number of amides is 1. The number of carbonyl (C=O) groups excluding carboxylic acids is 1. The van der Waals surface area contributed by atoms with Crippen LogP contribution in [0.3, 0.4) is 0 Å². The molecule has 10 heteroatoms. The van der Waals surface area contributed by atoms with Crippen LogP contribution in [0.15, 0.2) is 54.9 Å². The second-order valence-electron chi connectivity index (χ2n) is 9.70. The predicted octanol–water partition coefficient (Wildman–Crippen LogP) is 5.20. The second-order valence-corrected chi connectivity index (χ2v) is 9.70. The molecule has 0 aliphatic carbocycles. The van der Waals surface area contributed by atoms with Gasteiger partial charge in [0.1, 0.15) is 11.4 Å². The third-order valence-corrected chi connectivity index (χ3v) is 6.71. The molecule has 10 nitrogen and oxygen atoms in total. The molecule has 3 heterocycles. The molecule has 0 saturated heterocycles. The maximum Gasteiger partial charge on any atom is 0.229 e. The standard InChI is InChI=1S/C29H34N8O2/c1-6-25(38)33-22-16-18(10-11-23(22)37(4)15-14-36(2)3)32-29-34-26(20-12-13-30-28(20)35-29)21-17-31-27-19(21)8-7-9-24(27)39-5/h7-13,16-17,31H,6,14-15H2,1-5H3,(H,33,38)(H2,30,32,34,35). The number of aromatic nitrogens is 4. The lowest BCUT2D eigenvalue weighted by Crippen LogP contribution is -2.29. The summed E-state index contributed by atoms with van der Waals surface area (Å²) in [5, 5.41) is 8.32. The number of benzene rings is 2. The van der Waals surface area contributed by atoms with Gasteiger partial charge < -0.3 is 35.1 Å². The number of carbonyl (C=O) groups is 1. The molecule has 0 aliphatic heterocycles. The van der Waals surface area contributed by atoms with Gasteiger partial charge in [0.05, 0.1) is 29.7 Å². The van der Waals surface area contributed by atoms with Gasteiger partial charge in [0.25, 0.3) is 0 Å². The van der Waals surface area contributed by atoms with Gasteiger partial charge in [-0.1, -0.05) is 19.1 Å². The molecule has 0 unspecified atom stereocenters. The summed E-state index contributed by atoms with van der Waals surface area (Å²) in [5.74, 6) is 1.17. The summed E-state index contributed by atoms with van der Waals surface area (Å²) >= 11 is 0. The number of hydrogen-bond acceptors (Lipinski definition) is 7. The van der Waals surface area contributed by atoms with E-state index < -0.39 is 0 Å². The quantitative estimate of drug-likeness (QED) is 0.198. The number of likely N-dealkylation sites (N-methyl/N-ethyl adjacent to an activating group) is 2. The molecule has 39 heavy (non-hydrogen) atoms. The van der Waals surface area contributed by atoms with Crippen LogP contribution in [0.5, 0.6) is 5.75 Å². The lowest BCUT2D eigenvalue weighted by Gasteiger charge is -2.25. The van der Waals surface area contributed by atoms with Crippen LogP contribution in [0.4, 0.5) is 23.0 Å². The maximum atomic E-state index is 12.3. The Balaban J connectivity index is 1.52. The summed E-state index contributed by atoms with van der Waals surface area (Å²) in [7, 11) is 7.78. The number of fused-ring (bicyclic) bond motifs is 2. The van der Waals surface area contributed by atoms with E-state index in [2.05, 4.69) is 30.4 Å². The van der Waals surface area contributed by atoms with Crippen molar-refractivity contribution in [3.63, 3.8) is 0 Å². The van der Waals surface area contributed by atoms with E-state index in [-0.39, 0.29) is 5.91 Å². The number of methoxy groups -OCH3 is 1. The fourth-order valence-electron chi connectivity index (χ4n) is 4.58. The molecule has 5 rings (SSSR count). The summed E-state index contributed by atoms with van der Waals surface area (Å²) in [6.07, 6.45) is 4.20. The molecule has 2 aromatic carbocycles. The van der Waals surface area contributed by atoms with E-state index in [1.807, 2.05) is 82.9 Å². The summed E-state index contributed by atoms with van der Waals surface area (Å²) in [6, 6.07) is 13.8. The average Bonchev–Trinajstić information content (AvgIpc) is 3.58. The van der Waals surface area contributed by atoms with E-state index in [0.717, 1.165) is 69.1 Å². The van der Waals surface area contributed by atoms with Crippen LogP contribution in [0.2, 0.25) is 0 Å². The summed E-state index contributed by atoms with van der Waals surface area (Å²) < 4.78 is 5.53. The van der Waals surface area contributed by atoms with Crippen molar-refractivity contribution in [1.82, 2.24) is 24.8 Å². The van der Waals surface area contributed by atoms with Gasteiger partial charge in [-0.25, -0.2) is 4.98 Å². The molecule has 0 saturated carbocycles. The smallest absolute Gasteiger partial charge is 0.229 e. The van der Waals surface area contributed by atoms with E-state index in [0.29, 0.717) is 12.4 Å². The van der Waals surface area contributed by atoms with Gasteiger partial charge in [0.2, 0.25) is 11.9 Å². The third-order valence-electron chi connectivity index (χ3n) is 6.71. The largest absolute Gasteiger partial charge is 0.495 e. The predicted molar refractivity (Wildman–Crippen MR) is 158 cm³/mol. The minimum atomic E-state index is -0.0458. The van der Waals surface area contributed by atoms with Gasteiger partial charge in [-0.05, 0) is 44.4 Å². The first-order valence-electron chi connectivity index (χ1n) is 12.9. The number of ether oxygens (including phenoxy) is 1. The number of nitrogens with zero attached hydrogens (tertiary/aromatic N) is 4. The SMILES string of the molecule is CCC(=O)Nc1cc(Nc2nc(-c3c[nH]c4c(OC)cccc34)c3cc[nH]c3n2)ccc1N(C)CCN(C)C. The first kappa shape index (κ1) is 26.1.